The normalized spacial score (nSPS) is 19.4. The van der Waals surface area contributed by atoms with Crippen LogP contribution in [-0.2, 0) is 16.1 Å². The minimum Gasteiger partial charge on any atom is -0.481 e. The number of carboxylic acid groups (broad SMARTS) is 1. The van der Waals surface area contributed by atoms with Crippen LogP contribution in [0.4, 0.5) is 13.2 Å². The Balaban J connectivity index is 2.21. The summed E-state index contributed by atoms with van der Waals surface area (Å²) in [6.07, 6.45) is -0.447. The van der Waals surface area contributed by atoms with Gasteiger partial charge in [-0.25, -0.2) is 13.2 Å². The molecule has 1 aliphatic heterocycles. The second-order valence-electron chi connectivity index (χ2n) is 4.73. The summed E-state index contributed by atoms with van der Waals surface area (Å²) in [6.45, 7) is 0.400. The van der Waals surface area contributed by atoms with Crippen LogP contribution in [0.3, 0.4) is 0 Å². The number of aliphatic carboxylic acids is 1. The van der Waals surface area contributed by atoms with E-state index in [0.29, 0.717) is 12.6 Å². The lowest BCUT2D eigenvalue weighted by Gasteiger charge is -2.34. The van der Waals surface area contributed by atoms with Crippen LogP contribution in [0.2, 0.25) is 0 Å². The molecule has 1 aromatic carbocycles. The first-order valence-electron chi connectivity index (χ1n) is 6.25. The molecule has 1 heterocycles. The van der Waals surface area contributed by atoms with Crippen LogP contribution in [0.25, 0.3) is 0 Å². The first-order chi connectivity index (χ1) is 9.88. The van der Waals surface area contributed by atoms with Crippen molar-refractivity contribution in [2.75, 3.05) is 13.1 Å². The molecule has 1 unspecified atom stereocenters. The second kappa shape index (κ2) is 6.13. The topological polar surface area (TPSA) is 69.6 Å². The van der Waals surface area contributed by atoms with Crippen LogP contribution in [0.15, 0.2) is 12.1 Å². The van der Waals surface area contributed by atoms with E-state index in [1.807, 2.05) is 0 Å². The van der Waals surface area contributed by atoms with Crippen molar-refractivity contribution in [3.63, 3.8) is 0 Å². The molecule has 8 heteroatoms. The lowest BCUT2D eigenvalue weighted by atomic mass is 10.1. The molecule has 0 aromatic heterocycles. The first kappa shape index (κ1) is 15.3. The van der Waals surface area contributed by atoms with Crippen molar-refractivity contribution in [1.82, 2.24) is 10.2 Å². The van der Waals surface area contributed by atoms with Crippen LogP contribution in [-0.4, -0.2) is 41.0 Å². The molecule has 0 radical (unpaired) electrons. The molecular formula is C13H13F3N2O3. The van der Waals surface area contributed by atoms with E-state index in [1.165, 1.54) is 4.90 Å². The van der Waals surface area contributed by atoms with Crippen LogP contribution in [0, 0.1) is 17.5 Å². The number of nitrogens with zero attached hydrogens (tertiary/aromatic N) is 1. The van der Waals surface area contributed by atoms with E-state index in [4.69, 9.17) is 5.11 Å². The molecule has 1 amide bonds. The van der Waals surface area contributed by atoms with E-state index in [1.54, 1.807) is 0 Å². The highest BCUT2D eigenvalue weighted by atomic mass is 19.2. The number of amides is 1. The lowest BCUT2D eigenvalue weighted by molar-refractivity contribution is -0.143. The number of rotatable bonds is 4. The maximum atomic E-state index is 13.6. The molecule has 2 rings (SSSR count). The van der Waals surface area contributed by atoms with Crippen molar-refractivity contribution < 1.29 is 27.9 Å². The molecule has 21 heavy (non-hydrogen) atoms. The minimum absolute atomic E-state index is 0.126. The molecule has 1 saturated heterocycles. The van der Waals surface area contributed by atoms with E-state index >= 15 is 0 Å². The van der Waals surface area contributed by atoms with Gasteiger partial charge in [-0.05, 0) is 6.07 Å². The summed E-state index contributed by atoms with van der Waals surface area (Å²) < 4.78 is 39.7. The fourth-order valence-electron chi connectivity index (χ4n) is 2.24. The maximum absolute atomic E-state index is 13.6. The van der Waals surface area contributed by atoms with E-state index in [2.05, 4.69) is 5.32 Å². The molecular weight excluding hydrogens is 289 g/mol. The zero-order valence-corrected chi connectivity index (χ0v) is 10.9. The Morgan fingerprint density at radius 1 is 1.29 bits per heavy atom. The lowest BCUT2D eigenvalue weighted by Crippen LogP contribution is -2.55. The van der Waals surface area contributed by atoms with Crippen molar-refractivity contribution in [2.45, 2.75) is 19.0 Å². The first-order valence-corrected chi connectivity index (χ1v) is 6.25. The molecule has 0 bridgehead atoms. The summed E-state index contributed by atoms with van der Waals surface area (Å²) in [5, 5.41) is 11.3. The summed E-state index contributed by atoms with van der Waals surface area (Å²) in [4.78, 5) is 23.9. The van der Waals surface area contributed by atoms with Gasteiger partial charge in [0.1, 0.15) is 11.9 Å². The number of carbonyl (C=O) groups is 2. The zero-order chi connectivity index (χ0) is 15.6. The third-order valence-electron chi connectivity index (χ3n) is 3.27. The predicted molar refractivity (Wildman–Crippen MR) is 65.8 cm³/mol. The Kier molecular flexibility index (Phi) is 4.46. The van der Waals surface area contributed by atoms with Crippen molar-refractivity contribution in [3.8, 4) is 0 Å². The molecule has 1 fully saturated rings. The van der Waals surface area contributed by atoms with Gasteiger partial charge < -0.3 is 10.4 Å². The average molecular weight is 302 g/mol. The van der Waals surface area contributed by atoms with Gasteiger partial charge in [-0.1, -0.05) is 0 Å². The molecule has 1 aromatic rings. The third-order valence-corrected chi connectivity index (χ3v) is 3.27. The second-order valence-corrected chi connectivity index (χ2v) is 4.73. The van der Waals surface area contributed by atoms with E-state index in [-0.39, 0.29) is 18.7 Å². The number of benzene rings is 1. The summed E-state index contributed by atoms with van der Waals surface area (Å²) >= 11 is 0. The highest BCUT2D eigenvalue weighted by Crippen LogP contribution is 2.19. The number of hydrogen-bond donors (Lipinski definition) is 2. The molecule has 0 spiro atoms. The monoisotopic (exact) mass is 302 g/mol. The standard InChI is InChI=1S/C13H13F3N2O3/c14-8-4-10(16)9(15)3-7(8)6-18-2-1-17-13(21)11(18)5-12(19)20/h3-4,11H,1-2,5-6H2,(H,17,21)(H,19,20). The van der Waals surface area contributed by atoms with Crippen LogP contribution in [0.1, 0.15) is 12.0 Å². The van der Waals surface area contributed by atoms with Gasteiger partial charge in [0.25, 0.3) is 0 Å². The van der Waals surface area contributed by atoms with Gasteiger partial charge in [0.05, 0.1) is 6.42 Å². The van der Waals surface area contributed by atoms with Gasteiger partial charge >= 0.3 is 5.97 Å². The van der Waals surface area contributed by atoms with E-state index in [9.17, 15) is 22.8 Å². The molecule has 114 valence electrons. The Labute approximate surface area is 118 Å². The molecule has 5 nitrogen and oxygen atoms in total. The van der Waals surface area contributed by atoms with Gasteiger partial charge in [-0.15, -0.1) is 0 Å². The number of hydrogen-bond acceptors (Lipinski definition) is 3. The number of halogens is 3. The number of nitrogens with one attached hydrogen (secondary N) is 1. The minimum atomic E-state index is -1.30. The van der Waals surface area contributed by atoms with Gasteiger partial charge in [0.15, 0.2) is 11.6 Å². The van der Waals surface area contributed by atoms with Crippen molar-refractivity contribution in [3.05, 3.63) is 35.1 Å². The summed E-state index contributed by atoms with van der Waals surface area (Å²) in [5.74, 6) is -5.08. The SMILES string of the molecule is O=C(O)CC1C(=O)NCCN1Cc1cc(F)c(F)cc1F. The molecule has 0 saturated carbocycles. The quantitative estimate of drug-likeness (QED) is 0.810. The molecule has 2 N–H and O–H groups in total. The van der Waals surface area contributed by atoms with Gasteiger partial charge in [0, 0.05) is 31.3 Å². The largest absolute Gasteiger partial charge is 0.481 e. The van der Waals surface area contributed by atoms with Crippen molar-refractivity contribution >= 4 is 11.9 Å². The van der Waals surface area contributed by atoms with Crippen LogP contribution in [0.5, 0.6) is 0 Å². The Morgan fingerprint density at radius 3 is 2.62 bits per heavy atom. The zero-order valence-electron chi connectivity index (χ0n) is 10.9. The Morgan fingerprint density at radius 2 is 1.95 bits per heavy atom. The fourth-order valence-corrected chi connectivity index (χ4v) is 2.24. The van der Waals surface area contributed by atoms with E-state index in [0.717, 1.165) is 6.07 Å². The Hall–Kier alpha value is -2.09. The highest BCUT2D eigenvalue weighted by molar-refractivity contribution is 5.86. The number of carbonyl (C=O) groups excluding carboxylic acids is 1. The summed E-state index contributed by atoms with van der Waals surface area (Å²) in [7, 11) is 0. The summed E-state index contributed by atoms with van der Waals surface area (Å²) in [5.41, 5.74) is -0.126. The van der Waals surface area contributed by atoms with Crippen molar-refractivity contribution in [2.24, 2.45) is 0 Å². The smallest absolute Gasteiger partial charge is 0.305 e. The van der Waals surface area contributed by atoms with Crippen molar-refractivity contribution in [1.29, 1.82) is 0 Å². The van der Waals surface area contributed by atoms with Gasteiger partial charge in [-0.2, -0.15) is 0 Å². The van der Waals surface area contributed by atoms with Gasteiger partial charge in [-0.3, -0.25) is 14.5 Å². The van der Waals surface area contributed by atoms with E-state index < -0.39 is 41.8 Å². The Bertz CT molecular complexity index is 580. The average Bonchev–Trinajstić information content (AvgIpc) is 2.39. The molecule has 1 aliphatic rings. The number of piperazine rings is 1. The fraction of sp³-hybridized carbons (Fsp3) is 0.385. The predicted octanol–water partition coefficient (Wildman–Crippen LogP) is 0.879. The van der Waals surface area contributed by atoms with Crippen LogP contribution < -0.4 is 5.32 Å². The molecule has 1 atom stereocenters. The third kappa shape index (κ3) is 3.52. The number of carboxylic acids is 1. The van der Waals surface area contributed by atoms with Crippen LogP contribution >= 0.6 is 0 Å². The highest BCUT2D eigenvalue weighted by Gasteiger charge is 2.32. The molecule has 0 aliphatic carbocycles. The summed E-state index contributed by atoms with van der Waals surface area (Å²) in [6, 6.07) is 0.180. The van der Waals surface area contributed by atoms with Gasteiger partial charge in [0.2, 0.25) is 5.91 Å². The maximum Gasteiger partial charge on any atom is 0.305 e.